The Balaban J connectivity index is 1.80. The van der Waals surface area contributed by atoms with Crippen LogP contribution in [-0.4, -0.2) is 29.2 Å². The molecule has 156 valence electrons. The summed E-state index contributed by atoms with van der Waals surface area (Å²) < 4.78 is 23.1. The van der Waals surface area contributed by atoms with Crippen LogP contribution in [0.1, 0.15) is 37.3 Å². The smallest absolute Gasteiger partial charge is 0.250 e. The molecule has 3 heterocycles. The van der Waals surface area contributed by atoms with Crippen molar-refractivity contribution < 1.29 is 28.8 Å². The minimum atomic E-state index is -0.870. The van der Waals surface area contributed by atoms with Crippen LogP contribution in [-0.2, 0) is 11.2 Å². The van der Waals surface area contributed by atoms with Crippen molar-refractivity contribution in [3.8, 4) is 17.2 Å². The van der Waals surface area contributed by atoms with Gasteiger partial charge in [-0.1, -0.05) is 6.07 Å². The third-order valence-electron chi connectivity index (χ3n) is 5.71. The first-order chi connectivity index (χ1) is 14.3. The lowest BCUT2D eigenvalue weighted by Crippen LogP contribution is -2.19. The highest BCUT2D eigenvalue weighted by Crippen LogP contribution is 2.50. The fourth-order valence-corrected chi connectivity index (χ4v) is 4.21. The molecule has 0 bridgehead atoms. The number of hydrogen-bond acceptors (Lipinski definition) is 7. The Hall–Kier alpha value is -3.19. The number of aryl methyl sites for hydroxylation is 1. The summed E-state index contributed by atoms with van der Waals surface area (Å²) in [6.07, 6.45) is 3.89. The van der Waals surface area contributed by atoms with Gasteiger partial charge in [-0.05, 0) is 44.4 Å². The second-order valence-electron chi connectivity index (χ2n) is 8.36. The molecule has 0 aliphatic carbocycles. The second-order valence-corrected chi connectivity index (χ2v) is 8.36. The van der Waals surface area contributed by atoms with E-state index in [0.29, 0.717) is 35.5 Å². The third kappa shape index (κ3) is 2.73. The first-order valence-corrected chi connectivity index (χ1v) is 9.82. The molecule has 2 atom stereocenters. The van der Waals surface area contributed by atoms with E-state index in [9.17, 15) is 15.0 Å². The average Bonchev–Trinajstić information content (AvgIpc) is 3.26. The van der Waals surface area contributed by atoms with Gasteiger partial charge in [0.05, 0.1) is 30.5 Å². The van der Waals surface area contributed by atoms with Crippen LogP contribution >= 0.6 is 0 Å². The average molecular weight is 410 g/mol. The van der Waals surface area contributed by atoms with Gasteiger partial charge >= 0.3 is 0 Å². The van der Waals surface area contributed by atoms with Crippen molar-refractivity contribution in [2.24, 2.45) is 0 Å². The van der Waals surface area contributed by atoms with Crippen LogP contribution in [0.3, 0.4) is 0 Å². The fourth-order valence-electron chi connectivity index (χ4n) is 4.21. The predicted molar refractivity (Wildman–Crippen MR) is 110 cm³/mol. The maximum atomic E-state index is 13.5. The van der Waals surface area contributed by atoms with E-state index in [1.807, 2.05) is 6.08 Å². The van der Waals surface area contributed by atoms with E-state index in [-0.39, 0.29) is 27.9 Å². The molecule has 2 aliphatic rings. The van der Waals surface area contributed by atoms with E-state index >= 15 is 0 Å². The Labute approximate surface area is 172 Å². The van der Waals surface area contributed by atoms with Gasteiger partial charge in [-0.25, -0.2) is 0 Å². The second kappa shape index (κ2) is 6.40. The summed E-state index contributed by atoms with van der Waals surface area (Å²) in [4.78, 5) is 13.5. The molecule has 2 N–H and O–H groups in total. The number of phenols is 1. The van der Waals surface area contributed by atoms with E-state index in [1.165, 1.54) is 13.2 Å². The highest BCUT2D eigenvalue weighted by Gasteiger charge is 2.41. The number of hydrogen-bond donors (Lipinski definition) is 2. The van der Waals surface area contributed by atoms with Gasteiger partial charge in [-0.15, -0.1) is 0 Å². The minimum Gasteiger partial charge on any atom is -0.507 e. The van der Waals surface area contributed by atoms with E-state index in [0.717, 1.165) is 11.1 Å². The van der Waals surface area contributed by atoms with Gasteiger partial charge in [0.25, 0.3) is 6.29 Å². The Morgan fingerprint density at radius 2 is 2.03 bits per heavy atom. The van der Waals surface area contributed by atoms with E-state index in [2.05, 4.69) is 0 Å². The molecule has 0 amide bonds. The molecule has 2 unspecified atom stereocenters. The number of methoxy groups -OCH3 is 1. The largest absolute Gasteiger partial charge is 0.507 e. The molecule has 0 saturated carbocycles. The molecular weight excluding hydrogens is 388 g/mol. The zero-order valence-corrected chi connectivity index (χ0v) is 16.9. The molecule has 1 aromatic heterocycles. The first kappa shape index (κ1) is 18.8. The van der Waals surface area contributed by atoms with E-state index in [4.69, 9.17) is 18.6 Å². The summed E-state index contributed by atoms with van der Waals surface area (Å²) in [6, 6.07) is 4.87. The lowest BCUT2D eigenvalue weighted by molar-refractivity contribution is -0.00481. The molecule has 5 rings (SSSR count). The van der Waals surface area contributed by atoms with Crippen LogP contribution in [0.4, 0.5) is 0 Å². The van der Waals surface area contributed by atoms with Gasteiger partial charge < -0.3 is 28.8 Å². The van der Waals surface area contributed by atoms with Crippen molar-refractivity contribution in [2.75, 3.05) is 7.11 Å². The van der Waals surface area contributed by atoms with Gasteiger partial charge in [0.15, 0.2) is 0 Å². The summed E-state index contributed by atoms with van der Waals surface area (Å²) in [5.41, 5.74) is 0.820. The quantitative estimate of drug-likeness (QED) is 0.633. The van der Waals surface area contributed by atoms with Crippen LogP contribution in [0.15, 0.2) is 39.7 Å². The molecule has 30 heavy (non-hydrogen) atoms. The Bertz CT molecular complexity index is 1260. The van der Waals surface area contributed by atoms with Crippen LogP contribution in [0.2, 0.25) is 0 Å². The van der Waals surface area contributed by atoms with Crippen molar-refractivity contribution >= 4 is 21.9 Å². The molecular formula is C23H22O7. The molecule has 7 heteroatoms. The van der Waals surface area contributed by atoms with E-state index in [1.54, 1.807) is 32.2 Å². The zero-order valence-electron chi connectivity index (χ0n) is 16.9. The lowest BCUT2D eigenvalue weighted by Gasteiger charge is -2.17. The van der Waals surface area contributed by atoms with Gasteiger partial charge in [0.1, 0.15) is 39.2 Å². The third-order valence-corrected chi connectivity index (χ3v) is 5.71. The SMILES string of the molecule is COc1c2c(cc3oc4c(CCC(C)(C)O)ccc(O)c4c(=O)c13)OC1OC=CC21. The monoisotopic (exact) mass is 410 g/mol. The van der Waals surface area contributed by atoms with Crippen LogP contribution in [0.25, 0.3) is 21.9 Å². The Kier molecular flexibility index (Phi) is 4.02. The number of ether oxygens (including phenoxy) is 3. The van der Waals surface area contributed by atoms with Crippen molar-refractivity contribution in [3.05, 3.63) is 51.9 Å². The molecule has 0 fully saturated rings. The molecule has 2 aliphatic heterocycles. The van der Waals surface area contributed by atoms with Gasteiger partial charge in [0, 0.05) is 6.07 Å². The Morgan fingerprint density at radius 1 is 1.23 bits per heavy atom. The minimum absolute atomic E-state index is 0.0997. The van der Waals surface area contributed by atoms with Gasteiger partial charge in [-0.3, -0.25) is 4.79 Å². The fraction of sp³-hybridized carbons (Fsp3) is 0.348. The topological polar surface area (TPSA) is 98.4 Å². The molecule has 3 aromatic rings. The van der Waals surface area contributed by atoms with Crippen molar-refractivity contribution in [3.63, 3.8) is 0 Å². The maximum absolute atomic E-state index is 13.5. The first-order valence-electron chi connectivity index (χ1n) is 9.82. The summed E-state index contributed by atoms with van der Waals surface area (Å²) in [6.45, 7) is 3.44. The van der Waals surface area contributed by atoms with Crippen LogP contribution in [0, 0.1) is 0 Å². The maximum Gasteiger partial charge on any atom is 0.250 e. The number of phenolic OH excluding ortho intramolecular Hbond substituents is 1. The van der Waals surface area contributed by atoms with E-state index < -0.39 is 11.9 Å². The summed E-state index contributed by atoms with van der Waals surface area (Å²) in [7, 11) is 1.49. The van der Waals surface area contributed by atoms with Gasteiger partial charge in [-0.2, -0.15) is 0 Å². The van der Waals surface area contributed by atoms with Crippen molar-refractivity contribution in [2.45, 2.75) is 44.5 Å². The molecule has 0 radical (unpaired) electrons. The molecule has 2 aromatic carbocycles. The molecule has 0 saturated heterocycles. The number of benzene rings is 2. The van der Waals surface area contributed by atoms with Crippen molar-refractivity contribution in [1.29, 1.82) is 0 Å². The zero-order chi connectivity index (χ0) is 21.2. The standard InChI is InChI=1S/C23H22O7/c1-23(2,26)8-6-11-4-5-13(24)17-19(25)18-15(29-20(11)17)10-14-16(21(18)27-3)12-7-9-28-22(12)30-14/h4-5,7,9-10,12,22,24,26H,6,8H2,1-3H3. The summed E-state index contributed by atoms with van der Waals surface area (Å²) in [5, 5.41) is 20.9. The number of aromatic hydroxyl groups is 1. The molecule has 0 spiro atoms. The molecule has 7 nitrogen and oxygen atoms in total. The summed E-state index contributed by atoms with van der Waals surface area (Å²) >= 11 is 0. The number of aliphatic hydroxyl groups is 1. The number of fused-ring (bicyclic) bond motifs is 5. The van der Waals surface area contributed by atoms with Crippen LogP contribution in [0.5, 0.6) is 17.2 Å². The predicted octanol–water partition coefficient (Wildman–Crippen LogP) is 3.71. The van der Waals surface area contributed by atoms with Crippen molar-refractivity contribution in [1.82, 2.24) is 0 Å². The lowest BCUT2D eigenvalue weighted by atomic mass is 9.95. The highest BCUT2D eigenvalue weighted by atomic mass is 16.7. The Morgan fingerprint density at radius 3 is 2.77 bits per heavy atom. The van der Waals surface area contributed by atoms with Gasteiger partial charge in [0.2, 0.25) is 5.43 Å². The number of rotatable bonds is 4. The normalized spacial score (nSPS) is 19.6. The summed E-state index contributed by atoms with van der Waals surface area (Å²) in [5.74, 6) is 0.566. The van der Waals surface area contributed by atoms with Crippen LogP contribution < -0.4 is 14.9 Å². The highest BCUT2D eigenvalue weighted by molar-refractivity contribution is 5.98.